The maximum Gasteiger partial charge on any atom is 0.201 e. The van der Waals surface area contributed by atoms with Crippen LogP contribution in [0.3, 0.4) is 0 Å². The number of benzene rings is 1. The van der Waals surface area contributed by atoms with E-state index in [2.05, 4.69) is 20.3 Å². The van der Waals surface area contributed by atoms with Crippen LogP contribution in [0.5, 0.6) is 0 Å². The number of anilines is 2. The summed E-state index contributed by atoms with van der Waals surface area (Å²) in [5, 5.41) is 3.50. The van der Waals surface area contributed by atoms with Gasteiger partial charge in [0, 0.05) is 6.20 Å². The van der Waals surface area contributed by atoms with Gasteiger partial charge >= 0.3 is 0 Å². The van der Waals surface area contributed by atoms with E-state index in [0.29, 0.717) is 30.1 Å². The van der Waals surface area contributed by atoms with Crippen molar-refractivity contribution in [1.82, 2.24) is 15.0 Å². The van der Waals surface area contributed by atoms with Crippen LogP contribution >= 0.6 is 0 Å². The van der Waals surface area contributed by atoms with Crippen molar-refractivity contribution in [2.24, 2.45) is 0 Å². The summed E-state index contributed by atoms with van der Waals surface area (Å²) in [5.74, 6) is -2.51. The van der Waals surface area contributed by atoms with E-state index in [4.69, 9.17) is 10.5 Å². The third-order valence-electron chi connectivity index (χ3n) is 4.04. The lowest BCUT2D eigenvalue weighted by molar-refractivity contribution is 0.0210. The first-order valence-corrected chi connectivity index (χ1v) is 7.50. The number of nitrogens with one attached hydrogen (secondary N) is 2. The fourth-order valence-corrected chi connectivity index (χ4v) is 2.68. The van der Waals surface area contributed by atoms with Crippen LogP contribution in [0, 0.1) is 11.6 Å². The Kier molecular flexibility index (Phi) is 3.57. The van der Waals surface area contributed by atoms with Crippen LogP contribution in [-0.4, -0.2) is 40.0 Å². The molecule has 0 saturated carbocycles. The number of rotatable bonds is 4. The second-order valence-electron chi connectivity index (χ2n) is 5.68. The highest BCUT2D eigenvalue weighted by atomic mass is 19.1. The molecule has 3 aromatic rings. The second kappa shape index (κ2) is 5.78. The lowest BCUT2D eigenvalue weighted by Gasteiger charge is -2.27. The number of hydrogen-bond donors (Lipinski definition) is 3. The van der Waals surface area contributed by atoms with E-state index in [9.17, 15) is 13.6 Å². The number of halogens is 2. The maximum atomic E-state index is 14.2. The molecule has 1 aromatic carbocycles. The van der Waals surface area contributed by atoms with Gasteiger partial charge in [-0.05, 0) is 12.1 Å². The molecule has 9 heteroatoms. The van der Waals surface area contributed by atoms with Crippen molar-refractivity contribution in [3.05, 3.63) is 47.4 Å². The average Bonchev–Trinajstić information content (AvgIpc) is 2.99. The summed E-state index contributed by atoms with van der Waals surface area (Å²) in [5.41, 5.74) is 4.89. The zero-order valence-corrected chi connectivity index (χ0v) is 12.8. The second-order valence-corrected chi connectivity index (χ2v) is 5.68. The van der Waals surface area contributed by atoms with Gasteiger partial charge in [-0.25, -0.2) is 18.7 Å². The highest BCUT2D eigenvalue weighted by molar-refractivity contribution is 6.18. The number of ketones is 1. The summed E-state index contributed by atoms with van der Waals surface area (Å²) in [7, 11) is 0. The molecule has 4 N–H and O–H groups in total. The lowest BCUT2D eigenvalue weighted by Crippen LogP contribution is -2.40. The molecule has 3 heterocycles. The molecule has 0 bridgehead atoms. The molecule has 0 atom stereocenters. The molecule has 0 spiro atoms. The van der Waals surface area contributed by atoms with Gasteiger partial charge in [0.1, 0.15) is 23.6 Å². The van der Waals surface area contributed by atoms with Crippen molar-refractivity contribution in [1.29, 1.82) is 0 Å². The molecule has 1 fully saturated rings. The first-order chi connectivity index (χ1) is 12.1. The molecular weight excluding hydrogens is 332 g/mol. The number of aromatic amines is 1. The molecule has 0 unspecified atom stereocenters. The predicted molar refractivity (Wildman–Crippen MR) is 86.3 cm³/mol. The van der Waals surface area contributed by atoms with Crippen LogP contribution in [0.15, 0.2) is 24.7 Å². The number of hydrogen-bond acceptors (Lipinski definition) is 6. The zero-order chi connectivity index (χ0) is 17.6. The molecule has 128 valence electrons. The number of ether oxygens (including phenoxy) is 1. The van der Waals surface area contributed by atoms with E-state index < -0.39 is 23.0 Å². The van der Waals surface area contributed by atoms with E-state index in [0.717, 1.165) is 12.1 Å². The van der Waals surface area contributed by atoms with Crippen LogP contribution < -0.4 is 11.1 Å². The molecule has 1 aliphatic rings. The molecule has 0 aliphatic carbocycles. The number of nitrogens with two attached hydrogens (primary N) is 1. The SMILES string of the molecule is Nc1ccc(F)c(C(=O)c2c[nH]c3ncnc(NC4COC4)c23)c1F. The first-order valence-electron chi connectivity index (χ1n) is 7.50. The standard InChI is InChI=1S/C16H13F2N5O2/c17-9-1-2-10(19)13(18)12(9)14(24)8-3-20-15-11(8)16(22-6-21-15)23-7-4-25-5-7/h1-3,6-7H,4-5,19H2,(H2,20,21,22,23). The maximum absolute atomic E-state index is 14.2. The monoisotopic (exact) mass is 345 g/mol. The zero-order valence-electron chi connectivity index (χ0n) is 12.8. The predicted octanol–water partition coefficient (Wildman–Crippen LogP) is 1.86. The van der Waals surface area contributed by atoms with Gasteiger partial charge in [-0.1, -0.05) is 0 Å². The summed E-state index contributed by atoms with van der Waals surface area (Å²) in [6, 6.07) is 2.09. The smallest absolute Gasteiger partial charge is 0.201 e. The first kappa shape index (κ1) is 15.5. The van der Waals surface area contributed by atoms with Gasteiger partial charge in [0.25, 0.3) is 0 Å². The van der Waals surface area contributed by atoms with Crippen molar-refractivity contribution in [3.63, 3.8) is 0 Å². The summed E-state index contributed by atoms with van der Waals surface area (Å²) in [6.07, 6.45) is 2.68. The molecule has 7 nitrogen and oxygen atoms in total. The molecule has 1 aliphatic heterocycles. The number of fused-ring (bicyclic) bond motifs is 1. The largest absolute Gasteiger partial charge is 0.396 e. The van der Waals surface area contributed by atoms with Gasteiger partial charge in [-0.3, -0.25) is 4.79 Å². The van der Waals surface area contributed by atoms with Gasteiger partial charge in [-0.15, -0.1) is 0 Å². The van der Waals surface area contributed by atoms with E-state index in [1.807, 2.05) is 0 Å². The van der Waals surface area contributed by atoms with Gasteiger partial charge < -0.3 is 20.8 Å². The van der Waals surface area contributed by atoms with Crippen molar-refractivity contribution in [2.45, 2.75) is 6.04 Å². The van der Waals surface area contributed by atoms with Gasteiger partial charge in [0.05, 0.1) is 41.5 Å². The highest BCUT2D eigenvalue weighted by Crippen LogP contribution is 2.29. The molecule has 0 radical (unpaired) electrons. The van der Waals surface area contributed by atoms with Crippen molar-refractivity contribution >= 4 is 28.3 Å². The fraction of sp³-hybridized carbons (Fsp3) is 0.188. The van der Waals surface area contributed by atoms with Gasteiger partial charge in [-0.2, -0.15) is 0 Å². The van der Waals surface area contributed by atoms with Crippen molar-refractivity contribution in [3.8, 4) is 0 Å². The Hall–Kier alpha value is -3.07. The summed E-state index contributed by atoms with van der Waals surface area (Å²) < 4.78 is 33.4. The number of carbonyl (C=O) groups excluding carboxylic acids is 1. The highest BCUT2D eigenvalue weighted by Gasteiger charge is 2.26. The average molecular weight is 345 g/mol. The third-order valence-corrected chi connectivity index (χ3v) is 4.04. The Bertz CT molecular complexity index is 984. The Morgan fingerprint density at radius 2 is 2.12 bits per heavy atom. The molecule has 0 amide bonds. The number of nitrogen functional groups attached to an aromatic ring is 1. The molecule has 4 rings (SSSR count). The van der Waals surface area contributed by atoms with Crippen LogP contribution in [0.25, 0.3) is 11.0 Å². The van der Waals surface area contributed by atoms with Crippen LogP contribution in [-0.2, 0) is 4.74 Å². The van der Waals surface area contributed by atoms with Crippen molar-refractivity contribution < 1.29 is 18.3 Å². The fourth-order valence-electron chi connectivity index (χ4n) is 2.68. The minimum atomic E-state index is -1.09. The van der Waals surface area contributed by atoms with E-state index >= 15 is 0 Å². The summed E-state index contributed by atoms with van der Waals surface area (Å²) >= 11 is 0. The summed E-state index contributed by atoms with van der Waals surface area (Å²) in [4.78, 5) is 23.8. The number of aromatic nitrogens is 3. The van der Waals surface area contributed by atoms with Gasteiger partial charge in [0.2, 0.25) is 5.78 Å². The third kappa shape index (κ3) is 2.49. The van der Waals surface area contributed by atoms with E-state index in [1.165, 1.54) is 12.5 Å². The molecule has 25 heavy (non-hydrogen) atoms. The van der Waals surface area contributed by atoms with E-state index in [1.54, 1.807) is 0 Å². The van der Waals surface area contributed by atoms with Crippen LogP contribution in [0.2, 0.25) is 0 Å². The minimum Gasteiger partial charge on any atom is -0.396 e. The topological polar surface area (TPSA) is 106 Å². The quantitative estimate of drug-likeness (QED) is 0.492. The molecule has 2 aromatic heterocycles. The molecule has 1 saturated heterocycles. The summed E-state index contributed by atoms with van der Waals surface area (Å²) in [6.45, 7) is 1.02. The Morgan fingerprint density at radius 3 is 2.84 bits per heavy atom. The lowest BCUT2D eigenvalue weighted by atomic mass is 10.0. The van der Waals surface area contributed by atoms with Crippen molar-refractivity contribution in [2.75, 3.05) is 24.3 Å². The minimum absolute atomic E-state index is 0.0526. The van der Waals surface area contributed by atoms with Crippen LogP contribution in [0.1, 0.15) is 15.9 Å². The Balaban J connectivity index is 1.84. The number of nitrogens with zero attached hydrogens (tertiary/aromatic N) is 2. The normalized spacial score (nSPS) is 14.5. The number of carbonyl (C=O) groups is 1. The Labute approximate surface area is 140 Å². The Morgan fingerprint density at radius 1 is 1.32 bits per heavy atom. The van der Waals surface area contributed by atoms with E-state index in [-0.39, 0.29) is 17.3 Å². The van der Waals surface area contributed by atoms with Crippen LogP contribution in [0.4, 0.5) is 20.3 Å². The number of H-pyrrole nitrogens is 1. The van der Waals surface area contributed by atoms with Gasteiger partial charge in [0.15, 0.2) is 5.82 Å². The molecular formula is C16H13F2N5O2.